The zero-order valence-corrected chi connectivity index (χ0v) is 37.2. The van der Waals surface area contributed by atoms with Crippen LogP contribution in [0.4, 0.5) is 45.5 Å². The average molecular weight is 790 g/mol. The molecule has 0 bridgehead atoms. The molecular formula is C54H56BN3S. The van der Waals surface area contributed by atoms with E-state index in [-0.39, 0.29) is 28.4 Å². The van der Waals surface area contributed by atoms with Crippen LogP contribution in [0.3, 0.4) is 0 Å². The van der Waals surface area contributed by atoms with Gasteiger partial charge in [0.1, 0.15) is 0 Å². The van der Waals surface area contributed by atoms with E-state index < -0.39 is 0 Å². The Bertz CT molecular complexity index is 2780. The van der Waals surface area contributed by atoms with Crippen molar-refractivity contribution < 1.29 is 0 Å². The Morgan fingerprint density at radius 3 is 1.98 bits per heavy atom. The molecule has 59 heavy (non-hydrogen) atoms. The Morgan fingerprint density at radius 1 is 0.610 bits per heavy atom. The third-order valence-corrected chi connectivity index (χ3v) is 14.8. The van der Waals surface area contributed by atoms with Crippen molar-refractivity contribution in [2.24, 2.45) is 0 Å². The first kappa shape index (κ1) is 38.0. The number of para-hydroxylation sites is 2. The normalized spacial score (nSPS) is 16.2. The van der Waals surface area contributed by atoms with Gasteiger partial charge in [-0.25, -0.2) is 0 Å². The van der Waals surface area contributed by atoms with Crippen LogP contribution in [0.2, 0.25) is 0 Å². The molecule has 0 atom stereocenters. The molecule has 0 unspecified atom stereocenters. The first-order chi connectivity index (χ1) is 28.0. The molecule has 1 aliphatic carbocycles. The average Bonchev–Trinajstić information content (AvgIpc) is 3.58. The molecule has 296 valence electrons. The summed E-state index contributed by atoms with van der Waals surface area (Å²) in [6.45, 7) is 23.7. The largest absolute Gasteiger partial charge is 0.356 e. The molecule has 2 aliphatic heterocycles. The molecule has 0 radical (unpaired) electrons. The minimum absolute atomic E-state index is 0.0192. The van der Waals surface area contributed by atoms with E-state index in [2.05, 4.69) is 212 Å². The Hall–Kier alpha value is -5.26. The summed E-state index contributed by atoms with van der Waals surface area (Å²) in [5.74, 6) is 0. The number of hydrogen-bond acceptors (Lipinski definition) is 4. The second kappa shape index (κ2) is 13.1. The molecule has 10 rings (SSSR count). The van der Waals surface area contributed by atoms with E-state index >= 15 is 0 Å². The van der Waals surface area contributed by atoms with E-state index in [1.165, 1.54) is 89.3 Å². The van der Waals surface area contributed by atoms with Gasteiger partial charge in [0.15, 0.2) is 0 Å². The standard InChI is InChI=1S/C54H56BN3S/c1-51(2,3)34-20-23-37(24-21-34)58-46-33-39(57(36-16-12-11-13-17-36)38-25-26-41-42(31-38)54(9,10)29-28-53(41,7)8)32-45-48(46)55(43-18-14-15-19-44(43)56-45)50-49(58)40-30-35(52(4,5)6)22-27-47(40)59-50/h11-27,30-33,56H,28-29H2,1-10H3. The van der Waals surface area contributed by atoms with Crippen molar-refractivity contribution in [1.29, 1.82) is 0 Å². The Morgan fingerprint density at radius 2 is 1.27 bits per heavy atom. The number of nitrogens with one attached hydrogen (secondary N) is 1. The highest BCUT2D eigenvalue weighted by atomic mass is 32.1. The summed E-state index contributed by atoms with van der Waals surface area (Å²) in [6, 6.07) is 48.7. The second-order valence-corrected chi connectivity index (χ2v) is 21.7. The molecule has 6 aromatic carbocycles. The van der Waals surface area contributed by atoms with Gasteiger partial charge in [-0.05, 0) is 134 Å². The number of anilines is 8. The number of benzene rings is 6. The van der Waals surface area contributed by atoms with Gasteiger partial charge in [0.2, 0.25) is 0 Å². The third-order valence-electron chi connectivity index (χ3n) is 13.6. The van der Waals surface area contributed by atoms with Crippen molar-refractivity contribution in [2.45, 2.75) is 104 Å². The minimum Gasteiger partial charge on any atom is -0.356 e. The molecular weight excluding hydrogens is 733 g/mol. The van der Waals surface area contributed by atoms with Crippen molar-refractivity contribution in [3.63, 3.8) is 0 Å². The number of fused-ring (bicyclic) bond motifs is 7. The lowest BCUT2D eigenvalue weighted by Crippen LogP contribution is -2.59. The van der Waals surface area contributed by atoms with Crippen LogP contribution in [0.25, 0.3) is 10.1 Å². The maximum absolute atomic E-state index is 4.00. The summed E-state index contributed by atoms with van der Waals surface area (Å²) in [5.41, 5.74) is 18.1. The van der Waals surface area contributed by atoms with Gasteiger partial charge in [-0.1, -0.05) is 130 Å². The lowest BCUT2D eigenvalue weighted by molar-refractivity contribution is 0.332. The summed E-state index contributed by atoms with van der Waals surface area (Å²) in [5, 5.41) is 5.32. The maximum Gasteiger partial charge on any atom is 0.264 e. The quantitative estimate of drug-likeness (QED) is 0.179. The number of nitrogens with zero attached hydrogens (tertiary/aromatic N) is 2. The van der Waals surface area contributed by atoms with Gasteiger partial charge in [0.25, 0.3) is 6.71 Å². The van der Waals surface area contributed by atoms with Gasteiger partial charge in [-0.2, -0.15) is 0 Å². The highest BCUT2D eigenvalue weighted by Crippen LogP contribution is 2.51. The maximum atomic E-state index is 4.00. The number of hydrogen-bond donors (Lipinski definition) is 1. The molecule has 5 heteroatoms. The summed E-state index contributed by atoms with van der Waals surface area (Å²) in [4.78, 5) is 5.09. The number of thiophene rings is 1. The van der Waals surface area contributed by atoms with E-state index in [0.717, 1.165) is 17.1 Å². The van der Waals surface area contributed by atoms with Crippen molar-refractivity contribution in [2.75, 3.05) is 15.1 Å². The molecule has 7 aromatic rings. The predicted molar refractivity (Wildman–Crippen MR) is 258 cm³/mol. The van der Waals surface area contributed by atoms with E-state index in [4.69, 9.17) is 0 Å². The topological polar surface area (TPSA) is 18.5 Å². The molecule has 0 amide bonds. The molecule has 0 fully saturated rings. The molecule has 3 aliphatic rings. The van der Waals surface area contributed by atoms with E-state index in [9.17, 15) is 0 Å². The Balaban J connectivity index is 1.28. The minimum atomic E-state index is 0.0192. The summed E-state index contributed by atoms with van der Waals surface area (Å²) in [6.07, 6.45) is 2.37. The Labute approximate surface area is 356 Å². The SMILES string of the molecule is CC(C)(C)c1ccc(N2c3cc(N(c4ccccc4)c4ccc5c(c4)C(C)(C)CCC5(C)C)cc4c3B(c3ccccc3N4)c3sc4ccc(C(C)(C)C)cc4c32)cc1. The van der Waals surface area contributed by atoms with E-state index in [0.29, 0.717) is 0 Å². The van der Waals surface area contributed by atoms with Crippen molar-refractivity contribution >= 4 is 89.3 Å². The molecule has 1 N–H and O–H groups in total. The van der Waals surface area contributed by atoms with Gasteiger partial charge in [0.05, 0.1) is 11.4 Å². The van der Waals surface area contributed by atoms with Crippen LogP contribution in [0.1, 0.15) is 104 Å². The molecule has 3 nitrogen and oxygen atoms in total. The van der Waals surface area contributed by atoms with E-state index in [1.54, 1.807) is 0 Å². The molecule has 3 heterocycles. The molecule has 1 aromatic heterocycles. The van der Waals surface area contributed by atoms with Gasteiger partial charge in [-0.15, -0.1) is 11.3 Å². The van der Waals surface area contributed by atoms with Gasteiger partial charge in [-0.3, -0.25) is 0 Å². The van der Waals surface area contributed by atoms with Crippen molar-refractivity contribution in [3.05, 3.63) is 150 Å². The highest BCUT2D eigenvalue weighted by Gasteiger charge is 2.44. The summed E-state index contributed by atoms with van der Waals surface area (Å²) in [7, 11) is 0. The lowest BCUT2D eigenvalue weighted by atomic mass is 9.36. The molecule has 0 saturated heterocycles. The second-order valence-electron chi connectivity index (χ2n) is 20.6. The first-order valence-corrected chi connectivity index (χ1v) is 22.3. The van der Waals surface area contributed by atoms with Crippen LogP contribution in [0.15, 0.2) is 127 Å². The fraction of sp³-hybridized carbons (Fsp3) is 0.296. The Kier molecular flexibility index (Phi) is 8.45. The fourth-order valence-electron chi connectivity index (χ4n) is 10.0. The first-order valence-electron chi connectivity index (χ1n) is 21.5. The van der Waals surface area contributed by atoms with Gasteiger partial charge in [0, 0.05) is 49.0 Å². The van der Waals surface area contributed by atoms with Crippen LogP contribution in [-0.2, 0) is 21.7 Å². The van der Waals surface area contributed by atoms with Crippen LogP contribution in [-0.4, -0.2) is 6.71 Å². The van der Waals surface area contributed by atoms with Crippen LogP contribution >= 0.6 is 11.3 Å². The predicted octanol–water partition coefficient (Wildman–Crippen LogP) is 13.7. The summed E-state index contributed by atoms with van der Waals surface area (Å²) < 4.78 is 2.73. The van der Waals surface area contributed by atoms with E-state index in [1.807, 2.05) is 11.3 Å². The number of rotatable bonds is 4. The van der Waals surface area contributed by atoms with Crippen LogP contribution < -0.4 is 30.8 Å². The summed E-state index contributed by atoms with van der Waals surface area (Å²) >= 11 is 1.96. The van der Waals surface area contributed by atoms with Gasteiger partial charge >= 0.3 is 0 Å². The zero-order valence-electron chi connectivity index (χ0n) is 36.4. The van der Waals surface area contributed by atoms with Gasteiger partial charge < -0.3 is 15.1 Å². The fourth-order valence-corrected chi connectivity index (χ4v) is 11.3. The lowest BCUT2D eigenvalue weighted by Gasteiger charge is -2.43. The third kappa shape index (κ3) is 6.14. The molecule has 0 saturated carbocycles. The monoisotopic (exact) mass is 789 g/mol. The van der Waals surface area contributed by atoms with Crippen molar-refractivity contribution in [1.82, 2.24) is 0 Å². The zero-order chi connectivity index (χ0) is 41.2. The molecule has 0 spiro atoms. The van der Waals surface area contributed by atoms with Crippen molar-refractivity contribution in [3.8, 4) is 0 Å². The van der Waals surface area contributed by atoms with Crippen LogP contribution in [0, 0.1) is 0 Å². The highest BCUT2D eigenvalue weighted by molar-refractivity contribution is 7.33. The smallest absolute Gasteiger partial charge is 0.264 e. The van der Waals surface area contributed by atoms with Crippen LogP contribution in [0.5, 0.6) is 0 Å².